The van der Waals surface area contributed by atoms with E-state index in [1.165, 1.54) is 0 Å². The number of ether oxygens (including phenoxy) is 1. The monoisotopic (exact) mass is 266 g/mol. The zero-order chi connectivity index (χ0) is 14.1. The lowest BCUT2D eigenvalue weighted by Gasteiger charge is -2.16. The number of carbonyl (C=O) groups excluding carboxylic acids is 1. The van der Waals surface area contributed by atoms with Crippen LogP contribution in [0.4, 0.5) is 5.69 Å². The molecular weight excluding hydrogens is 244 g/mol. The molecule has 1 amide bonds. The lowest BCUT2D eigenvalue weighted by molar-refractivity contribution is -0.115. The minimum atomic E-state index is -0.124. The molecule has 0 bridgehead atoms. The Morgan fingerprint density at radius 1 is 1.42 bits per heavy atom. The van der Waals surface area contributed by atoms with Crippen molar-refractivity contribution >= 4 is 11.6 Å². The molecule has 106 valence electrons. The third-order valence-corrected chi connectivity index (χ3v) is 2.90. The molecule has 0 saturated carbocycles. The number of anilines is 1. The molecule has 1 unspecified atom stereocenters. The molecular formula is C14H22N2O3. The predicted octanol–water partition coefficient (Wildman–Crippen LogP) is 1.38. The Kier molecular flexibility index (Phi) is 6.92. The lowest BCUT2D eigenvalue weighted by Crippen LogP contribution is -2.36. The van der Waals surface area contributed by atoms with Gasteiger partial charge in [0, 0.05) is 12.6 Å². The second-order valence-electron chi connectivity index (χ2n) is 4.25. The highest BCUT2D eigenvalue weighted by Gasteiger charge is 2.09. The third-order valence-electron chi connectivity index (χ3n) is 2.90. The van der Waals surface area contributed by atoms with E-state index in [1.807, 2.05) is 19.1 Å². The van der Waals surface area contributed by atoms with Crippen molar-refractivity contribution in [1.29, 1.82) is 0 Å². The number of benzene rings is 1. The molecule has 5 heteroatoms. The van der Waals surface area contributed by atoms with Gasteiger partial charge >= 0.3 is 0 Å². The number of methoxy groups -OCH3 is 1. The Bertz CT molecular complexity index is 396. The van der Waals surface area contributed by atoms with Gasteiger partial charge in [-0.05, 0) is 25.0 Å². The number of aliphatic hydroxyl groups is 1. The van der Waals surface area contributed by atoms with Gasteiger partial charge in [0.15, 0.2) is 0 Å². The van der Waals surface area contributed by atoms with E-state index in [1.54, 1.807) is 19.2 Å². The second kappa shape index (κ2) is 8.50. The number of amides is 1. The summed E-state index contributed by atoms with van der Waals surface area (Å²) in [6, 6.07) is 7.44. The predicted molar refractivity (Wildman–Crippen MR) is 75.4 cm³/mol. The Morgan fingerprint density at radius 3 is 2.79 bits per heavy atom. The van der Waals surface area contributed by atoms with Crippen molar-refractivity contribution in [2.45, 2.75) is 25.8 Å². The van der Waals surface area contributed by atoms with Crippen molar-refractivity contribution in [2.24, 2.45) is 0 Å². The number of aliphatic hydroxyl groups excluding tert-OH is 1. The van der Waals surface area contributed by atoms with E-state index < -0.39 is 0 Å². The lowest BCUT2D eigenvalue weighted by atomic mass is 10.1. The van der Waals surface area contributed by atoms with Crippen LogP contribution in [-0.2, 0) is 4.79 Å². The Hall–Kier alpha value is -1.59. The third kappa shape index (κ3) is 5.28. The minimum Gasteiger partial charge on any atom is -0.495 e. The van der Waals surface area contributed by atoms with E-state index in [2.05, 4.69) is 10.6 Å². The fourth-order valence-corrected chi connectivity index (χ4v) is 1.79. The largest absolute Gasteiger partial charge is 0.495 e. The van der Waals surface area contributed by atoms with E-state index in [-0.39, 0.29) is 25.1 Å². The molecule has 0 aliphatic carbocycles. The van der Waals surface area contributed by atoms with Crippen LogP contribution in [0, 0.1) is 0 Å². The van der Waals surface area contributed by atoms with Gasteiger partial charge in [-0.3, -0.25) is 4.79 Å². The van der Waals surface area contributed by atoms with Gasteiger partial charge in [-0.1, -0.05) is 19.1 Å². The fraction of sp³-hybridized carbons (Fsp3) is 0.500. The Morgan fingerprint density at radius 2 is 2.16 bits per heavy atom. The average Bonchev–Trinajstić information content (AvgIpc) is 2.44. The number of hydrogen-bond acceptors (Lipinski definition) is 4. The summed E-state index contributed by atoms with van der Waals surface area (Å²) in [6.45, 7) is 2.36. The summed E-state index contributed by atoms with van der Waals surface area (Å²) in [5.74, 6) is 0.513. The molecule has 5 nitrogen and oxygen atoms in total. The van der Waals surface area contributed by atoms with Crippen LogP contribution in [0.3, 0.4) is 0 Å². The molecule has 0 fully saturated rings. The van der Waals surface area contributed by atoms with E-state index in [0.29, 0.717) is 17.9 Å². The molecule has 0 aliphatic heterocycles. The van der Waals surface area contributed by atoms with E-state index in [9.17, 15) is 4.79 Å². The maximum atomic E-state index is 11.8. The van der Waals surface area contributed by atoms with Crippen molar-refractivity contribution in [3.63, 3.8) is 0 Å². The summed E-state index contributed by atoms with van der Waals surface area (Å²) in [5.41, 5.74) is 0.659. The average molecular weight is 266 g/mol. The van der Waals surface area contributed by atoms with Crippen LogP contribution in [-0.4, -0.2) is 37.3 Å². The van der Waals surface area contributed by atoms with Crippen LogP contribution in [0.5, 0.6) is 5.75 Å². The van der Waals surface area contributed by atoms with Gasteiger partial charge in [0.05, 0.1) is 19.3 Å². The zero-order valence-corrected chi connectivity index (χ0v) is 11.5. The van der Waals surface area contributed by atoms with Gasteiger partial charge in [-0.25, -0.2) is 0 Å². The van der Waals surface area contributed by atoms with Crippen molar-refractivity contribution in [3.8, 4) is 5.75 Å². The second-order valence-corrected chi connectivity index (χ2v) is 4.25. The Labute approximate surface area is 114 Å². The summed E-state index contributed by atoms with van der Waals surface area (Å²) >= 11 is 0. The maximum Gasteiger partial charge on any atom is 0.238 e. The SMILES string of the molecule is CCC(CCO)NCC(=O)Nc1ccccc1OC. The van der Waals surface area contributed by atoms with Crippen LogP contribution >= 0.6 is 0 Å². The molecule has 0 spiro atoms. The number of hydrogen-bond donors (Lipinski definition) is 3. The number of carbonyl (C=O) groups is 1. The summed E-state index contributed by atoms with van der Waals surface area (Å²) in [5, 5.41) is 14.8. The molecule has 19 heavy (non-hydrogen) atoms. The first-order valence-corrected chi connectivity index (χ1v) is 6.48. The highest BCUT2D eigenvalue weighted by atomic mass is 16.5. The van der Waals surface area contributed by atoms with E-state index in [4.69, 9.17) is 9.84 Å². The topological polar surface area (TPSA) is 70.6 Å². The van der Waals surface area contributed by atoms with Gasteiger partial charge in [-0.2, -0.15) is 0 Å². The van der Waals surface area contributed by atoms with Crippen LogP contribution in [0.15, 0.2) is 24.3 Å². The molecule has 0 aliphatic rings. The Balaban J connectivity index is 2.46. The van der Waals surface area contributed by atoms with Crippen molar-refractivity contribution in [1.82, 2.24) is 5.32 Å². The van der Waals surface area contributed by atoms with Crippen molar-refractivity contribution in [3.05, 3.63) is 24.3 Å². The zero-order valence-electron chi connectivity index (χ0n) is 11.5. The van der Waals surface area contributed by atoms with Gasteiger partial charge < -0.3 is 20.5 Å². The van der Waals surface area contributed by atoms with Crippen molar-refractivity contribution < 1.29 is 14.6 Å². The molecule has 1 atom stereocenters. The summed E-state index contributed by atoms with van der Waals surface area (Å²) in [4.78, 5) is 11.8. The summed E-state index contributed by atoms with van der Waals surface area (Å²) in [7, 11) is 1.57. The van der Waals surface area contributed by atoms with Crippen LogP contribution < -0.4 is 15.4 Å². The molecule has 0 heterocycles. The molecule has 1 aromatic carbocycles. The molecule has 0 saturated heterocycles. The first-order chi connectivity index (χ1) is 9.21. The fourth-order valence-electron chi connectivity index (χ4n) is 1.79. The maximum absolute atomic E-state index is 11.8. The molecule has 1 rings (SSSR count). The standard InChI is InChI=1S/C14H22N2O3/c1-3-11(8-9-17)15-10-14(18)16-12-6-4-5-7-13(12)19-2/h4-7,11,15,17H,3,8-10H2,1-2H3,(H,16,18). The number of para-hydroxylation sites is 2. The van der Waals surface area contributed by atoms with E-state index in [0.717, 1.165) is 6.42 Å². The van der Waals surface area contributed by atoms with Crippen LogP contribution in [0.1, 0.15) is 19.8 Å². The van der Waals surface area contributed by atoms with Crippen LogP contribution in [0.2, 0.25) is 0 Å². The van der Waals surface area contributed by atoms with Gasteiger partial charge in [-0.15, -0.1) is 0 Å². The minimum absolute atomic E-state index is 0.124. The first-order valence-electron chi connectivity index (χ1n) is 6.48. The van der Waals surface area contributed by atoms with Gasteiger partial charge in [0.25, 0.3) is 0 Å². The molecule has 0 aromatic heterocycles. The van der Waals surface area contributed by atoms with Gasteiger partial charge in [0.1, 0.15) is 5.75 Å². The van der Waals surface area contributed by atoms with Crippen molar-refractivity contribution in [2.75, 3.05) is 25.6 Å². The summed E-state index contributed by atoms with van der Waals surface area (Å²) in [6.07, 6.45) is 1.53. The van der Waals surface area contributed by atoms with Gasteiger partial charge in [0.2, 0.25) is 5.91 Å². The highest BCUT2D eigenvalue weighted by molar-refractivity contribution is 5.93. The van der Waals surface area contributed by atoms with E-state index >= 15 is 0 Å². The molecule has 1 aromatic rings. The summed E-state index contributed by atoms with van der Waals surface area (Å²) < 4.78 is 5.16. The van der Waals surface area contributed by atoms with Crippen LogP contribution in [0.25, 0.3) is 0 Å². The molecule has 3 N–H and O–H groups in total. The first kappa shape index (κ1) is 15.5. The number of nitrogens with one attached hydrogen (secondary N) is 2. The highest BCUT2D eigenvalue weighted by Crippen LogP contribution is 2.22. The number of rotatable bonds is 8. The smallest absolute Gasteiger partial charge is 0.238 e. The molecule has 0 radical (unpaired) electrons. The quantitative estimate of drug-likeness (QED) is 0.665. The normalized spacial score (nSPS) is 11.9.